The highest BCUT2D eigenvalue weighted by Gasteiger charge is 2.27. The van der Waals surface area contributed by atoms with E-state index in [1.165, 1.54) is 6.26 Å². The molecule has 3 rings (SSSR count). The van der Waals surface area contributed by atoms with Gasteiger partial charge in [-0.2, -0.15) is 0 Å². The number of nitrogens with one attached hydrogen (secondary N) is 1. The lowest BCUT2D eigenvalue weighted by Gasteiger charge is -2.34. The maximum Gasteiger partial charge on any atom is 0.270 e. The Bertz CT molecular complexity index is 751. The van der Waals surface area contributed by atoms with Crippen LogP contribution in [0.15, 0.2) is 58.8 Å². The molecule has 5 heteroatoms. The summed E-state index contributed by atoms with van der Waals surface area (Å²) >= 11 is 0. The van der Waals surface area contributed by atoms with Crippen LogP contribution in [0.2, 0.25) is 0 Å². The lowest BCUT2D eigenvalue weighted by atomic mass is 10.0. The third kappa shape index (κ3) is 4.18. The fourth-order valence-electron chi connectivity index (χ4n) is 3.01. The van der Waals surface area contributed by atoms with Gasteiger partial charge in [-0.15, -0.1) is 0 Å². The third-order valence-electron chi connectivity index (χ3n) is 4.41. The van der Waals surface area contributed by atoms with E-state index in [2.05, 4.69) is 5.32 Å². The van der Waals surface area contributed by atoms with E-state index in [0.29, 0.717) is 17.9 Å². The summed E-state index contributed by atoms with van der Waals surface area (Å²) in [5.74, 6) is 0.0469. The van der Waals surface area contributed by atoms with E-state index in [4.69, 9.17) is 4.42 Å². The van der Waals surface area contributed by atoms with Gasteiger partial charge in [0.2, 0.25) is 0 Å². The Morgan fingerprint density at radius 1 is 1.16 bits per heavy atom. The van der Waals surface area contributed by atoms with Crippen LogP contribution in [0.4, 0.5) is 0 Å². The molecule has 0 aliphatic carbocycles. The van der Waals surface area contributed by atoms with Crippen LogP contribution in [-0.2, 0) is 4.79 Å². The van der Waals surface area contributed by atoms with Gasteiger partial charge in [0, 0.05) is 24.2 Å². The number of hydrogen-bond donors (Lipinski definition) is 1. The molecule has 0 bridgehead atoms. The molecule has 2 amide bonds. The van der Waals surface area contributed by atoms with E-state index in [1.807, 2.05) is 17.9 Å². The Kier molecular flexibility index (Phi) is 5.33. The number of benzene rings is 1. The zero-order valence-corrected chi connectivity index (χ0v) is 14.3. The first-order chi connectivity index (χ1) is 12.1. The number of carbonyl (C=O) groups is 2. The van der Waals surface area contributed by atoms with Gasteiger partial charge in [0.1, 0.15) is 11.5 Å². The summed E-state index contributed by atoms with van der Waals surface area (Å²) in [4.78, 5) is 27.3. The Morgan fingerprint density at radius 3 is 2.64 bits per heavy atom. The third-order valence-corrected chi connectivity index (χ3v) is 4.41. The Labute approximate surface area is 147 Å². The van der Waals surface area contributed by atoms with Crippen LogP contribution in [0, 0.1) is 0 Å². The number of rotatable bonds is 4. The fourth-order valence-corrected chi connectivity index (χ4v) is 3.01. The summed E-state index contributed by atoms with van der Waals surface area (Å²) in [6.07, 6.45) is 6.21. The van der Waals surface area contributed by atoms with Crippen LogP contribution >= 0.6 is 0 Å². The van der Waals surface area contributed by atoms with Crippen molar-refractivity contribution in [1.29, 1.82) is 0 Å². The lowest BCUT2D eigenvalue weighted by molar-refractivity contribution is -0.130. The number of likely N-dealkylation sites (tertiary alicyclic amines) is 1. The fraction of sp³-hybridized carbons (Fsp3) is 0.300. The molecule has 25 heavy (non-hydrogen) atoms. The highest BCUT2D eigenvalue weighted by Crippen LogP contribution is 2.19. The van der Waals surface area contributed by atoms with Crippen molar-refractivity contribution in [2.75, 3.05) is 6.54 Å². The van der Waals surface area contributed by atoms with Crippen LogP contribution in [-0.4, -0.2) is 29.3 Å². The van der Waals surface area contributed by atoms with Crippen molar-refractivity contribution in [3.8, 4) is 0 Å². The zero-order chi connectivity index (χ0) is 17.6. The summed E-state index contributed by atoms with van der Waals surface area (Å²) in [5, 5.41) is 2.76. The van der Waals surface area contributed by atoms with E-state index in [0.717, 1.165) is 19.3 Å². The van der Waals surface area contributed by atoms with Crippen molar-refractivity contribution in [1.82, 2.24) is 10.2 Å². The summed E-state index contributed by atoms with van der Waals surface area (Å²) in [6.45, 7) is 2.75. The molecule has 0 spiro atoms. The van der Waals surface area contributed by atoms with Crippen LogP contribution in [0.1, 0.15) is 42.3 Å². The first-order valence-corrected chi connectivity index (χ1v) is 8.58. The van der Waals surface area contributed by atoms with Crippen LogP contribution < -0.4 is 5.32 Å². The molecule has 0 saturated carbocycles. The van der Waals surface area contributed by atoms with E-state index in [9.17, 15) is 9.59 Å². The molecule has 1 aromatic heterocycles. The van der Waals surface area contributed by atoms with E-state index in [-0.39, 0.29) is 23.6 Å². The van der Waals surface area contributed by atoms with Gasteiger partial charge in [0.15, 0.2) is 0 Å². The summed E-state index contributed by atoms with van der Waals surface area (Å²) in [7, 11) is 0. The first-order valence-electron chi connectivity index (χ1n) is 8.58. The molecule has 2 aromatic rings. The lowest BCUT2D eigenvalue weighted by Crippen LogP contribution is -2.45. The predicted molar refractivity (Wildman–Crippen MR) is 95.6 cm³/mol. The molecule has 130 valence electrons. The molecule has 0 radical (unpaired) electrons. The molecule has 1 saturated heterocycles. The normalized spacial score (nSPS) is 18.0. The molecule has 1 N–H and O–H groups in total. The molecular formula is C20H22N2O3. The molecule has 1 aliphatic rings. The van der Waals surface area contributed by atoms with Gasteiger partial charge in [0.05, 0.1) is 6.26 Å². The molecule has 1 aromatic carbocycles. The van der Waals surface area contributed by atoms with Crippen molar-refractivity contribution in [3.63, 3.8) is 0 Å². The molecule has 1 unspecified atom stereocenters. The van der Waals surface area contributed by atoms with E-state index >= 15 is 0 Å². The van der Waals surface area contributed by atoms with Gasteiger partial charge in [-0.25, -0.2) is 0 Å². The van der Waals surface area contributed by atoms with Crippen LogP contribution in [0.25, 0.3) is 6.08 Å². The SMILES string of the molecule is CC1CCCCN1C(=O)C(=Cc1ccco1)NC(=O)c1ccccc1. The highest BCUT2D eigenvalue weighted by molar-refractivity contribution is 6.05. The average molecular weight is 338 g/mol. The maximum absolute atomic E-state index is 13.0. The Hall–Kier alpha value is -2.82. The van der Waals surface area contributed by atoms with Crippen molar-refractivity contribution in [2.24, 2.45) is 0 Å². The van der Waals surface area contributed by atoms with Gasteiger partial charge in [0.25, 0.3) is 11.8 Å². The van der Waals surface area contributed by atoms with Gasteiger partial charge in [-0.05, 0) is 50.5 Å². The maximum atomic E-state index is 13.0. The Balaban J connectivity index is 1.85. The topological polar surface area (TPSA) is 62.6 Å². The molecular weight excluding hydrogens is 316 g/mol. The summed E-state index contributed by atoms with van der Waals surface area (Å²) in [6, 6.07) is 12.5. The van der Waals surface area contributed by atoms with Crippen molar-refractivity contribution in [3.05, 3.63) is 65.7 Å². The van der Waals surface area contributed by atoms with Gasteiger partial charge in [-0.1, -0.05) is 18.2 Å². The van der Waals surface area contributed by atoms with Crippen molar-refractivity contribution < 1.29 is 14.0 Å². The van der Waals surface area contributed by atoms with Crippen molar-refractivity contribution in [2.45, 2.75) is 32.2 Å². The minimum Gasteiger partial charge on any atom is -0.465 e. The zero-order valence-electron chi connectivity index (χ0n) is 14.3. The van der Waals surface area contributed by atoms with Gasteiger partial charge in [-0.3, -0.25) is 9.59 Å². The molecule has 1 atom stereocenters. The van der Waals surface area contributed by atoms with Gasteiger partial charge < -0.3 is 14.6 Å². The number of nitrogens with zero attached hydrogens (tertiary/aromatic N) is 1. The number of carbonyl (C=O) groups excluding carboxylic acids is 2. The van der Waals surface area contributed by atoms with E-state index in [1.54, 1.807) is 42.5 Å². The minimum absolute atomic E-state index is 0.162. The Morgan fingerprint density at radius 2 is 1.96 bits per heavy atom. The summed E-state index contributed by atoms with van der Waals surface area (Å²) < 4.78 is 5.32. The number of furan rings is 1. The van der Waals surface area contributed by atoms with Gasteiger partial charge >= 0.3 is 0 Å². The predicted octanol–water partition coefficient (Wildman–Crippen LogP) is 3.45. The molecule has 1 fully saturated rings. The number of hydrogen-bond acceptors (Lipinski definition) is 3. The minimum atomic E-state index is -0.309. The standard InChI is InChI=1S/C20H22N2O3/c1-15-8-5-6-12-22(15)20(24)18(14-17-11-7-13-25-17)21-19(23)16-9-3-2-4-10-16/h2-4,7,9-11,13-15H,5-6,8,12H2,1H3,(H,21,23). The molecule has 2 heterocycles. The van der Waals surface area contributed by atoms with E-state index < -0.39 is 0 Å². The van der Waals surface area contributed by atoms with Crippen molar-refractivity contribution >= 4 is 17.9 Å². The molecule has 5 nitrogen and oxygen atoms in total. The quantitative estimate of drug-likeness (QED) is 0.869. The number of amides is 2. The summed E-state index contributed by atoms with van der Waals surface area (Å²) in [5.41, 5.74) is 0.741. The monoisotopic (exact) mass is 338 g/mol. The van der Waals surface area contributed by atoms with Crippen LogP contribution in [0.5, 0.6) is 0 Å². The van der Waals surface area contributed by atoms with Crippen LogP contribution in [0.3, 0.4) is 0 Å². The highest BCUT2D eigenvalue weighted by atomic mass is 16.3. The average Bonchev–Trinajstić information content (AvgIpc) is 3.15. The molecule has 1 aliphatic heterocycles. The first kappa shape index (κ1) is 17.0. The number of piperidine rings is 1. The smallest absolute Gasteiger partial charge is 0.270 e. The largest absolute Gasteiger partial charge is 0.465 e. The second kappa shape index (κ2) is 7.83. The second-order valence-corrected chi connectivity index (χ2v) is 6.24. The second-order valence-electron chi connectivity index (χ2n) is 6.24.